The molecule has 0 amide bonds. The smallest absolute Gasteiger partial charge is 0.310 e. The van der Waals surface area contributed by atoms with Crippen molar-refractivity contribution >= 4 is 6.08 Å². The van der Waals surface area contributed by atoms with Gasteiger partial charge in [0.1, 0.15) is 0 Å². The third-order valence-corrected chi connectivity index (χ3v) is 1.87. The summed E-state index contributed by atoms with van der Waals surface area (Å²) in [5.41, 5.74) is 1.70. The Balaban J connectivity index is 3.42. The van der Waals surface area contributed by atoms with E-state index in [-0.39, 0.29) is 11.7 Å². The van der Waals surface area contributed by atoms with Crippen LogP contribution < -0.4 is 5.69 Å². The molecule has 1 aromatic rings. The van der Waals surface area contributed by atoms with Gasteiger partial charge in [-0.05, 0) is 26.8 Å². The van der Waals surface area contributed by atoms with E-state index in [1.807, 2.05) is 20.8 Å². The number of aromatic amines is 1. The highest BCUT2D eigenvalue weighted by Crippen LogP contribution is 2.10. The van der Waals surface area contributed by atoms with Crippen LogP contribution in [0.5, 0.6) is 0 Å². The summed E-state index contributed by atoms with van der Waals surface area (Å²) in [5, 5.41) is 0. The van der Waals surface area contributed by atoms with E-state index in [0.717, 1.165) is 11.4 Å². The third-order valence-electron chi connectivity index (χ3n) is 1.87. The molecule has 0 radical (unpaired) electrons. The summed E-state index contributed by atoms with van der Waals surface area (Å²) in [5.74, 6) is 0. The Morgan fingerprint density at radius 1 is 1.58 bits per heavy atom. The maximum absolute atomic E-state index is 11.3. The van der Waals surface area contributed by atoms with Crippen LogP contribution in [0.25, 0.3) is 6.08 Å². The van der Waals surface area contributed by atoms with Crippen molar-refractivity contribution in [2.24, 2.45) is 0 Å². The van der Waals surface area contributed by atoms with Gasteiger partial charge in [0.2, 0.25) is 0 Å². The predicted octanol–water partition coefficient (Wildman–Crippen LogP) is 1.71. The molecule has 66 valence electrons. The van der Waals surface area contributed by atoms with Crippen molar-refractivity contribution in [1.82, 2.24) is 9.55 Å². The van der Waals surface area contributed by atoms with E-state index >= 15 is 0 Å². The molecular formula is C9H14N2O. The standard InChI is InChI=1S/C9H14N2O/c1-5-8-7(4)10-9(12)11(8)6(2)3/h5-6H,1H2,2-4H3,(H,10,12). The second-order valence-corrected chi connectivity index (χ2v) is 3.11. The fraction of sp³-hybridized carbons (Fsp3) is 0.444. The van der Waals surface area contributed by atoms with Crippen molar-refractivity contribution in [2.75, 3.05) is 0 Å². The molecule has 1 N–H and O–H groups in total. The lowest BCUT2D eigenvalue weighted by Gasteiger charge is -2.07. The normalized spacial score (nSPS) is 10.7. The molecule has 1 rings (SSSR count). The predicted molar refractivity (Wildman–Crippen MR) is 50.3 cm³/mol. The maximum Gasteiger partial charge on any atom is 0.326 e. The van der Waals surface area contributed by atoms with E-state index in [9.17, 15) is 4.79 Å². The summed E-state index contributed by atoms with van der Waals surface area (Å²) in [7, 11) is 0. The van der Waals surface area contributed by atoms with E-state index < -0.39 is 0 Å². The third kappa shape index (κ3) is 1.22. The van der Waals surface area contributed by atoms with Crippen molar-refractivity contribution in [3.8, 4) is 0 Å². The lowest BCUT2D eigenvalue weighted by Crippen LogP contribution is -2.19. The Kier molecular flexibility index (Phi) is 2.22. The summed E-state index contributed by atoms with van der Waals surface area (Å²) in [6.45, 7) is 9.49. The summed E-state index contributed by atoms with van der Waals surface area (Å²) in [4.78, 5) is 14.1. The lowest BCUT2D eigenvalue weighted by molar-refractivity contribution is 0.576. The second kappa shape index (κ2) is 3.01. The average molecular weight is 166 g/mol. The molecule has 3 heteroatoms. The second-order valence-electron chi connectivity index (χ2n) is 3.11. The molecule has 0 fully saturated rings. The fourth-order valence-electron chi connectivity index (χ4n) is 1.34. The summed E-state index contributed by atoms with van der Waals surface area (Å²) in [6.07, 6.45) is 1.70. The number of nitrogens with one attached hydrogen (secondary N) is 1. The van der Waals surface area contributed by atoms with Gasteiger partial charge < -0.3 is 4.98 Å². The lowest BCUT2D eigenvalue weighted by atomic mass is 10.3. The molecule has 1 aromatic heterocycles. The van der Waals surface area contributed by atoms with Crippen molar-refractivity contribution < 1.29 is 0 Å². The molecule has 0 saturated heterocycles. The molecule has 0 aliphatic carbocycles. The molecule has 12 heavy (non-hydrogen) atoms. The van der Waals surface area contributed by atoms with Gasteiger partial charge in [-0.25, -0.2) is 4.79 Å². The van der Waals surface area contributed by atoms with Gasteiger partial charge in [0.25, 0.3) is 0 Å². The van der Waals surface area contributed by atoms with Crippen molar-refractivity contribution in [3.63, 3.8) is 0 Å². The van der Waals surface area contributed by atoms with Crippen LogP contribution in [0.2, 0.25) is 0 Å². The number of hydrogen-bond acceptors (Lipinski definition) is 1. The number of hydrogen-bond donors (Lipinski definition) is 1. The molecule has 3 nitrogen and oxygen atoms in total. The first-order valence-electron chi connectivity index (χ1n) is 4.01. The minimum Gasteiger partial charge on any atom is -0.310 e. The number of imidazole rings is 1. The maximum atomic E-state index is 11.3. The monoisotopic (exact) mass is 166 g/mol. The zero-order chi connectivity index (χ0) is 9.30. The minimum atomic E-state index is -0.0580. The molecule has 0 bridgehead atoms. The zero-order valence-corrected chi connectivity index (χ0v) is 7.72. The van der Waals surface area contributed by atoms with Gasteiger partial charge >= 0.3 is 5.69 Å². The Bertz CT molecular complexity index is 344. The Morgan fingerprint density at radius 3 is 2.50 bits per heavy atom. The number of H-pyrrole nitrogens is 1. The Labute approximate surface area is 71.7 Å². The Morgan fingerprint density at radius 2 is 2.17 bits per heavy atom. The average Bonchev–Trinajstić information content (AvgIpc) is 2.24. The van der Waals surface area contributed by atoms with Crippen LogP contribution in [0.4, 0.5) is 0 Å². The van der Waals surface area contributed by atoms with Gasteiger partial charge in [-0.1, -0.05) is 6.58 Å². The van der Waals surface area contributed by atoms with E-state index in [0.29, 0.717) is 0 Å². The van der Waals surface area contributed by atoms with Crippen molar-refractivity contribution in [1.29, 1.82) is 0 Å². The van der Waals surface area contributed by atoms with Gasteiger partial charge in [-0.15, -0.1) is 0 Å². The molecule has 0 unspecified atom stereocenters. The zero-order valence-electron chi connectivity index (χ0n) is 7.72. The van der Waals surface area contributed by atoms with Crippen LogP contribution in [-0.2, 0) is 0 Å². The van der Waals surface area contributed by atoms with Gasteiger partial charge in [0.05, 0.1) is 5.69 Å². The first-order chi connectivity index (χ1) is 5.57. The number of aromatic nitrogens is 2. The molecule has 0 aliphatic rings. The molecule has 0 spiro atoms. The number of rotatable bonds is 2. The highest BCUT2D eigenvalue weighted by molar-refractivity contribution is 5.45. The summed E-state index contributed by atoms with van der Waals surface area (Å²) >= 11 is 0. The van der Waals surface area contributed by atoms with Gasteiger partial charge in [0.15, 0.2) is 0 Å². The topological polar surface area (TPSA) is 37.8 Å². The van der Waals surface area contributed by atoms with Crippen LogP contribution in [0.3, 0.4) is 0 Å². The highest BCUT2D eigenvalue weighted by Gasteiger charge is 2.09. The van der Waals surface area contributed by atoms with E-state index in [4.69, 9.17) is 0 Å². The van der Waals surface area contributed by atoms with E-state index in [1.165, 1.54) is 0 Å². The molecule has 1 heterocycles. The number of nitrogens with zero attached hydrogens (tertiary/aromatic N) is 1. The van der Waals surface area contributed by atoms with Gasteiger partial charge in [-0.2, -0.15) is 0 Å². The van der Waals surface area contributed by atoms with Crippen LogP contribution >= 0.6 is 0 Å². The summed E-state index contributed by atoms with van der Waals surface area (Å²) < 4.78 is 1.70. The molecule has 0 aromatic carbocycles. The first-order valence-corrected chi connectivity index (χ1v) is 4.01. The summed E-state index contributed by atoms with van der Waals surface area (Å²) in [6, 6.07) is 0.176. The highest BCUT2D eigenvalue weighted by atomic mass is 16.1. The molecule has 0 atom stereocenters. The number of aryl methyl sites for hydroxylation is 1. The molecule has 0 aliphatic heterocycles. The van der Waals surface area contributed by atoms with E-state index in [2.05, 4.69) is 11.6 Å². The van der Waals surface area contributed by atoms with Crippen LogP contribution in [0.1, 0.15) is 31.3 Å². The van der Waals surface area contributed by atoms with Crippen LogP contribution in [0, 0.1) is 6.92 Å². The molecule has 0 saturated carbocycles. The fourth-order valence-corrected chi connectivity index (χ4v) is 1.34. The first kappa shape index (κ1) is 8.84. The van der Waals surface area contributed by atoms with Crippen molar-refractivity contribution in [3.05, 3.63) is 28.5 Å². The van der Waals surface area contributed by atoms with Crippen LogP contribution in [-0.4, -0.2) is 9.55 Å². The van der Waals surface area contributed by atoms with Gasteiger partial charge in [-0.3, -0.25) is 4.57 Å². The quantitative estimate of drug-likeness (QED) is 0.713. The minimum absolute atomic E-state index is 0.0580. The van der Waals surface area contributed by atoms with Crippen LogP contribution in [0.15, 0.2) is 11.4 Å². The largest absolute Gasteiger partial charge is 0.326 e. The van der Waals surface area contributed by atoms with Crippen molar-refractivity contribution in [2.45, 2.75) is 26.8 Å². The van der Waals surface area contributed by atoms with E-state index in [1.54, 1.807) is 10.6 Å². The molecular weight excluding hydrogens is 152 g/mol. The van der Waals surface area contributed by atoms with Gasteiger partial charge in [0, 0.05) is 11.7 Å². The SMILES string of the molecule is C=Cc1c(C)[nH]c(=O)n1C(C)C. The Hall–Kier alpha value is -1.25.